The van der Waals surface area contributed by atoms with Crippen molar-refractivity contribution in [1.82, 2.24) is 4.98 Å². The summed E-state index contributed by atoms with van der Waals surface area (Å²) in [6, 6.07) is 0. The summed E-state index contributed by atoms with van der Waals surface area (Å²) >= 11 is 0. The van der Waals surface area contributed by atoms with Gasteiger partial charge in [0.25, 0.3) is 5.89 Å². The molecule has 0 N–H and O–H groups in total. The second kappa shape index (κ2) is 2.90. The lowest BCUT2D eigenvalue weighted by Gasteiger charge is -2.05. The number of Topliss-reactive ketones (excluding diaryl/α,β-unsaturated/α-hetero) is 1. The van der Waals surface area contributed by atoms with Crippen LogP contribution in [0.1, 0.15) is 36.0 Å². The largest absolute Gasteiger partial charge is 0.432 e. The zero-order valence-corrected chi connectivity index (χ0v) is 7.52. The molecule has 0 aliphatic heterocycles. The van der Waals surface area contributed by atoms with E-state index in [2.05, 4.69) is 9.40 Å². The van der Waals surface area contributed by atoms with Gasteiger partial charge in [0.05, 0.1) is 5.69 Å². The van der Waals surface area contributed by atoms with Gasteiger partial charge in [0, 0.05) is 13.8 Å². The maximum absolute atomic E-state index is 12.7. The molecule has 0 aliphatic carbocycles. The number of alkyl halides is 2. The molecule has 0 atom stereocenters. The molecule has 0 amide bonds. The Bertz CT molecular complexity index is 338. The molecule has 0 fully saturated rings. The highest BCUT2D eigenvalue weighted by Crippen LogP contribution is 2.30. The van der Waals surface area contributed by atoms with E-state index in [1.165, 1.54) is 13.8 Å². The van der Waals surface area contributed by atoms with Gasteiger partial charge in [-0.05, 0) is 6.92 Å². The molecule has 0 saturated heterocycles. The monoisotopic (exact) mass is 189 g/mol. The Balaban J connectivity index is 3.18. The van der Waals surface area contributed by atoms with Gasteiger partial charge in [-0.15, -0.1) is 0 Å². The zero-order chi connectivity index (χ0) is 10.2. The van der Waals surface area contributed by atoms with E-state index in [9.17, 15) is 13.6 Å². The SMILES string of the molecule is CC(=O)c1nc(C)c(C(C)(F)F)o1. The van der Waals surface area contributed by atoms with Crippen LogP contribution in [0.25, 0.3) is 0 Å². The number of aryl methyl sites for hydroxylation is 1. The molecule has 0 unspecified atom stereocenters. The van der Waals surface area contributed by atoms with Crippen LogP contribution in [0.3, 0.4) is 0 Å². The molecule has 1 aromatic heterocycles. The molecule has 1 heterocycles. The average Bonchev–Trinajstić information content (AvgIpc) is 2.29. The summed E-state index contributed by atoms with van der Waals surface area (Å²) in [6.07, 6.45) is 0. The van der Waals surface area contributed by atoms with Gasteiger partial charge in [0.1, 0.15) is 0 Å². The maximum atomic E-state index is 12.7. The summed E-state index contributed by atoms with van der Waals surface area (Å²) in [4.78, 5) is 14.3. The standard InChI is InChI=1S/C8H9F2NO2/c1-4-6(8(3,9)10)13-7(11-4)5(2)12/h1-3H3. The predicted octanol–water partition coefficient (Wildman–Crippen LogP) is 2.30. The minimum Gasteiger partial charge on any atom is -0.432 e. The van der Waals surface area contributed by atoms with E-state index in [1.54, 1.807) is 0 Å². The number of nitrogens with zero attached hydrogens (tertiary/aromatic N) is 1. The second-order valence-corrected chi connectivity index (χ2v) is 2.88. The fourth-order valence-electron chi connectivity index (χ4n) is 0.954. The third-order valence-corrected chi connectivity index (χ3v) is 1.50. The van der Waals surface area contributed by atoms with Gasteiger partial charge in [0.15, 0.2) is 5.76 Å². The van der Waals surface area contributed by atoms with Gasteiger partial charge >= 0.3 is 5.92 Å². The number of carbonyl (C=O) groups is 1. The normalized spacial score (nSPS) is 11.8. The number of ketones is 1. The lowest BCUT2D eigenvalue weighted by Crippen LogP contribution is -2.07. The topological polar surface area (TPSA) is 43.1 Å². The number of hydrogen-bond acceptors (Lipinski definition) is 3. The average molecular weight is 189 g/mol. The molecule has 1 rings (SSSR count). The summed E-state index contributed by atoms with van der Waals surface area (Å²) in [5.41, 5.74) is 0.0534. The van der Waals surface area contributed by atoms with Gasteiger partial charge in [-0.25, -0.2) is 4.98 Å². The van der Waals surface area contributed by atoms with Crippen molar-refractivity contribution < 1.29 is 18.0 Å². The molecule has 3 nitrogen and oxygen atoms in total. The smallest absolute Gasteiger partial charge is 0.303 e. The number of oxazole rings is 1. The summed E-state index contributed by atoms with van der Waals surface area (Å²) in [7, 11) is 0. The molecule has 0 aliphatic rings. The van der Waals surface area contributed by atoms with Crippen molar-refractivity contribution >= 4 is 5.78 Å². The van der Waals surface area contributed by atoms with Crippen LogP contribution in [0.15, 0.2) is 4.42 Å². The molecule has 0 bridgehead atoms. The minimum absolute atomic E-state index is 0.0534. The van der Waals surface area contributed by atoms with Crippen LogP contribution in [-0.2, 0) is 5.92 Å². The first-order chi connectivity index (χ1) is 5.82. The van der Waals surface area contributed by atoms with Crippen LogP contribution in [0, 0.1) is 6.92 Å². The number of halogens is 2. The molecule has 0 saturated carbocycles. The highest BCUT2D eigenvalue weighted by atomic mass is 19.3. The molecular formula is C8H9F2NO2. The van der Waals surface area contributed by atoms with Crippen LogP contribution in [0.4, 0.5) is 8.78 Å². The number of hydrogen-bond donors (Lipinski definition) is 0. The van der Waals surface area contributed by atoms with Crippen LogP contribution < -0.4 is 0 Å². The van der Waals surface area contributed by atoms with E-state index < -0.39 is 17.5 Å². The van der Waals surface area contributed by atoms with Gasteiger partial charge in [0.2, 0.25) is 5.78 Å². The Kier molecular flexibility index (Phi) is 2.19. The lowest BCUT2D eigenvalue weighted by molar-refractivity contribution is -0.00664. The Hall–Kier alpha value is -1.26. The molecule has 1 aromatic rings. The van der Waals surface area contributed by atoms with E-state index >= 15 is 0 Å². The predicted molar refractivity (Wildman–Crippen MR) is 40.8 cm³/mol. The second-order valence-electron chi connectivity index (χ2n) is 2.88. The van der Waals surface area contributed by atoms with E-state index in [4.69, 9.17) is 0 Å². The zero-order valence-electron chi connectivity index (χ0n) is 7.52. The Morgan fingerprint density at radius 2 is 2.08 bits per heavy atom. The fourth-order valence-corrected chi connectivity index (χ4v) is 0.954. The van der Waals surface area contributed by atoms with E-state index in [0.29, 0.717) is 6.92 Å². The lowest BCUT2D eigenvalue weighted by atomic mass is 10.2. The number of aromatic nitrogens is 1. The summed E-state index contributed by atoms with van der Waals surface area (Å²) in [6.45, 7) is 3.29. The molecule has 0 radical (unpaired) electrons. The van der Waals surface area contributed by atoms with Crippen molar-refractivity contribution in [1.29, 1.82) is 0 Å². The maximum Gasteiger partial charge on any atom is 0.303 e. The first-order valence-corrected chi connectivity index (χ1v) is 3.69. The van der Waals surface area contributed by atoms with Crippen molar-refractivity contribution in [2.75, 3.05) is 0 Å². The van der Waals surface area contributed by atoms with Gasteiger partial charge in [-0.3, -0.25) is 4.79 Å². The third kappa shape index (κ3) is 1.91. The molecular weight excluding hydrogens is 180 g/mol. The van der Waals surface area contributed by atoms with Crippen LogP contribution in [0.2, 0.25) is 0 Å². The van der Waals surface area contributed by atoms with Gasteiger partial charge < -0.3 is 4.42 Å². The highest BCUT2D eigenvalue weighted by Gasteiger charge is 2.32. The van der Waals surface area contributed by atoms with Crippen molar-refractivity contribution in [2.45, 2.75) is 26.7 Å². The Morgan fingerprint density at radius 1 is 1.54 bits per heavy atom. The van der Waals surface area contributed by atoms with E-state index in [0.717, 1.165) is 0 Å². The van der Waals surface area contributed by atoms with Crippen molar-refractivity contribution in [3.05, 3.63) is 17.3 Å². The molecule has 13 heavy (non-hydrogen) atoms. The molecule has 72 valence electrons. The van der Waals surface area contributed by atoms with Crippen LogP contribution in [0.5, 0.6) is 0 Å². The third-order valence-electron chi connectivity index (χ3n) is 1.50. The fraction of sp³-hybridized carbons (Fsp3) is 0.500. The van der Waals surface area contributed by atoms with Gasteiger partial charge in [-0.1, -0.05) is 0 Å². The quantitative estimate of drug-likeness (QED) is 0.670. The highest BCUT2D eigenvalue weighted by molar-refractivity contribution is 5.89. The number of carbonyl (C=O) groups excluding carboxylic acids is 1. The number of rotatable bonds is 2. The molecule has 0 aromatic carbocycles. The summed E-state index contributed by atoms with van der Waals surface area (Å²) in [5, 5.41) is 0. The van der Waals surface area contributed by atoms with E-state index in [1.807, 2.05) is 0 Å². The molecule has 0 spiro atoms. The van der Waals surface area contributed by atoms with Crippen LogP contribution in [-0.4, -0.2) is 10.8 Å². The first-order valence-electron chi connectivity index (χ1n) is 3.69. The summed E-state index contributed by atoms with van der Waals surface area (Å²) in [5.74, 6) is -4.37. The van der Waals surface area contributed by atoms with Crippen molar-refractivity contribution in [2.24, 2.45) is 0 Å². The van der Waals surface area contributed by atoms with E-state index in [-0.39, 0.29) is 11.6 Å². The summed E-state index contributed by atoms with van der Waals surface area (Å²) < 4.78 is 30.1. The van der Waals surface area contributed by atoms with Gasteiger partial charge in [-0.2, -0.15) is 8.78 Å². The molecule has 5 heteroatoms. The minimum atomic E-state index is -3.09. The first kappa shape index (κ1) is 9.83. The Labute approximate surface area is 73.8 Å². The van der Waals surface area contributed by atoms with Crippen molar-refractivity contribution in [3.63, 3.8) is 0 Å². The van der Waals surface area contributed by atoms with Crippen molar-refractivity contribution in [3.8, 4) is 0 Å². The van der Waals surface area contributed by atoms with Crippen LogP contribution >= 0.6 is 0 Å². The Morgan fingerprint density at radius 3 is 2.31 bits per heavy atom.